The van der Waals surface area contributed by atoms with E-state index in [4.69, 9.17) is 9.47 Å². The van der Waals surface area contributed by atoms with Crippen LogP contribution in [0.1, 0.15) is 53.3 Å². The van der Waals surface area contributed by atoms with E-state index in [1.165, 1.54) is 0 Å². The van der Waals surface area contributed by atoms with E-state index in [2.05, 4.69) is 15.3 Å². The van der Waals surface area contributed by atoms with Crippen LogP contribution in [0.2, 0.25) is 0 Å². The lowest BCUT2D eigenvalue weighted by Gasteiger charge is -2.35. The molecule has 1 aromatic rings. The molecule has 0 radical (unpaired) electrons. The lowest BCUT2D eigenvalue weighted by atomic mass is 10.0. The van der Waals surface area contributed by atoms with E-state index in [0.29, 0.717) is 25.9 Å². The van der Waals surface area contributed by atoms with Crippen LogP contribution < -0.4 is 10.1 Å². The zero-order valence-electron chi connectivity index (χ0n) is 18.3. The molecule has 31 heavy (non-hydrogen) atoms. The molecule has 0 aliphatic carbocycles. The van der Waals surface area contributed by atoms with Crippen molar-refractivity contribution in [2.45, 2.75) is 71.4 Å². The largest absolute Gasteiger partial charge is 0.487 e. The number of hydrogen-bond donors (Lipinski definition) is 1. The van der Waals surface area contributed by atoms with Crippen LogP contribution >= 0.6 is 0 Å². The van der Waals surface area contributed by atoms with Crippen molar-refractivity contribution in [3.8, 4) is 5.75 Å². The highest BCUT2D eigenvalue weighted by Gasteiger charge is 2.35. The van der Waals surface area contributed by atoms with Crippen LogP contribution in [0.15, 0.2) is 12.4 Å². The van der Waals surface area contributed by atoms with Gasteiger partial charge in [-0.2, -0.15) is 13.2 Å². The molecule has 1 atom stereocenters. The Morgan fingerprint density at radius 1 is 1.13 bits per heavy atom. The predicted octanol–water partition coefficient (Wildman–Crippen LogP) is 3.41. The van der Waals surface area contributed by atoms with Gasteiger partial charge in [-0.3, -0.25) is 4.79 Å². The molecule has 1 aliphatic heterocycles. The number of likely N-dealkylation sites (tertiary alicyclic amines) is 1. The molecular weight excluding hydrogens is 417 g/mol. The van der Waals surface area contributed by atoms with Crippen LogP contribution in [-0.2, 0) is 15.7 Å². The number of amides is 2. The topological polar surface area (TPSA) is 93.7 Å². The van der Waals surface area contributed by atoms with Crippen molar-refractivity contribution in [3.05, 3.63) is 18.2 Å². The number of nitrogens with one attached hydrogen (secondary N) is 1. The van der Waals surface area contributed by atoms with Gasteiger partial charge in [-0.1, -0.05) is 13.8 Å². The van der Waals surface area contributed by atoms with Gasteiger partial charge in [-0.15, -0.1) is 0 Å². The Morgan fingerprint density at radius 3 is 2.13 bits per heavy atom. The Bertz CT molecular complexity index is 755. The van der Waals surface area contributed by atoms with Crippen molar-refractivity contribution < 1.29 is 32.2 Å². The van der Waals surface area contributed by atoms with Crippen LogP contribution in [0.4, 0.5) is 18.0 Å². The summed E-state index contributed by atoms with van der Waals surface area (Å²) in [7, 11) is 0. The van der Waals surface area contributed by atoms with E-state index in [-0.39, 0.29) is 23.7 Å². The van der Waals surface area contributed by atoms with Gasteiger partial charge in [0.15, 0.2) is 5.75 Å². The molecule has 174 valence electrons. The summed E-state index contributed by atoms with van der Waals surface area (Å²) in [6, 6.07) is -0.726. The van der Waals surface area contributed by atoms with E-state index in [9.17, 15) is 22.8 Å². The quantitative estimate of drug-likeness (QED) is 0.745. The summed E-state index contributed by atoms with van der Waals surface area (Å²) in [5.74, 6) is -1.43. The molecule has 8 nitrogen and oxygen atoms in total. The zero-order valence-corrected chi connectivity index (χ0v) is 18.3. The van der Waals surface area contributed by atoms with Crippen molar-refractivity contribution >= 4 is 12.0 Å². The molecule has 0 saturated carbocycles. The van der Waals surface area contributed by atoms with Gasteiger partial charge in [0, 0.05) is 25.9 Å². The van der Waals surface area contributed by atoms with Crippen LogP contribution in [-0.4, -0.2) is 57.7 Å². The number of ether oxygens (including phenoxy) is 2. The molecule has 0 unspecified atom stereocenters. The Balaban J connectivity index is 1.90. The number of alkyl halides is 3. The lowest BCUT2D eigenvalue weighted by molar-refractivity contribution is -0.145. The van der Waals surface area contributed by atoms with Crippen molar-refractivity contribution in [2.75, 3.05) is 13.1 Å². The second-order valence-corrected chi connectivity index (χ2v) is 8.75. The van der Waals surface area contributed by atoms with E-state index < -0.39 is 29.7 Å². The van der Waals surface area contributed by atoms with Gasteiger partial charge in [0.05, 0.1) is 12.4 Å². The molecule has 1 aromatic heterocycles. The smallest absolute Gasteiger partial charge is 0.451 e. The summed E-state index contributed by atoms with van der Waals surface area (Å²) in [4.78, 5) is 33.2. The van der Waals surface area contributed by atoms with Crippen molar-refractivity contribution in [2.24, 2.45) is 5.92 Å². The Kier molecular flexibility index (Phi) is 7.72. The van der Waals surface area contributed by atoms with Gasteiger partial charge in [0.2, 0.25) is 11.7 Å². The fourth-order valence-corrected chi connectivity index (χ4v) is 3.05. The summed E-state index contributed by atoms with van der Waals surface area (Å²) in [6.07, 6.45) is -2.57. The molecule has 2 rings (SSSR count). The fourth-order valence-electron chi connectivity index (χ4n) is 3.05. The molecular formula is C20H29F3N4O4. The summed E-state index contributed by atoms with van der Waals surface area (Å²) in [5, 5.41) is 2.65. The van der Waals surface area contributed by atoms with E-state index >= 15 is 0 Å². The summed E-state index contributed by atoms with van der Waals surface area (Å²) in [6.45, 7) is 9.68. The minimum atomic E-state index is -4.61. The molecule has 1 fully saturated rings. The molecule has 2 amide bonds. The maximum atomic E-state index is 12.9. The highest BCUT2D eigenvalue weighted by Crippen LogP contribution is 2.27. The summed E-state index contributed by atoms with van der Waals surface area (Å²) >= 11 is 0. The highest BCUT2D eigenvalue weighted by molar-refractivity contribution is 5.86. The number of alkyl carbamates (subject to hydrolysis) is 1. The molecule has 0 bridgehead atoms. The van der Waals surface area contributed by atoms with Crippen molar-refractivity contribution in [3.63, 3.8) is 0 Å². The number of nitrogens with zero attached hydrogens (tertiary/aromatic N) is 3. The normalized spacial score (nSPS) is 16.7. The first kappa shape index (κ1) is 24.7. The zero-order chi connectivity index (χ0) is 23.4. The van der Waals surface area contributed by atoms with Crippen molar-refractivity contribution in [1.29, 1.82) is 0 Å². The molecule has 1 aliphatic rings. The molecule has 2 heterocycles. The van der Waals surface area contributed by atoms with Gasteiger partial charge in [0.25, 0.3) is 0 Å². The summed E-state index contributed by atoms with van der Waals surface area (Å²) in [5.41, 5.74) is -0.674. The van der Waals surface area contributed by atoms with E-state index in [1.54, 1.807) is 25.7 Å². The molecule has 11 heteroatoms. The predicted molar refractivity (Wildman–Crippen MR) is 105 cm³/mol. The van der Waals surface area contributed by atoms with Gasteiger partial charge >= 0.3 is 12.3 Å². The first-order valence-electron chi connectivity index (χ1n) is 10.1. The van der Waals surface area contributed by atoms with Gasteiger partial charge in [0.1, 0.15) is 17.7 Å². The number of rotatable bonds is 5. The third kappa shape index (κ3) is 7.55. The van der Waals surface area contributed by atoms with Crippen molar-refractivity contribution in [1.82, 2.24) is 20.2 Å². The average Bonchev–Trinajstić information content (AvgIpc) is 2.64. The second kappa shape index (κ2) is 9.69. The van der Waals surface area contributed by atoms with Crippen LogP contribution in [0.25, 0.3) is 0 Å². The minimum absolute atomic E-state index is 0.140. The number of carbonyl (C=O) groups excluding carboxylic acids is 2. The van der Waals surface area contributed by atoms with E-state index in [0.717, 1.165) is 12.4 Å². The Hall–Kier alpha value is -2.59. The molecule has 0 aromatic carbocycles. The van der Waals surface area contributed by atoms with Crippen LogP contribution in [0.3, 0.4) is 0 Å². The lowest BCUT2D eigenvalue weighted by Crippen LogP contribution is -2.54. The standard InChI is InChI=1S/C20H29F3N4O4/c1-12(2)15(26-18(29)31-19(3,4)5)16(28)27-8-6-13(7-9-27)30-14-10-24-17(25-11-14)20(21,22)23/h10-13,15H,6-9H2,1-5H3,(H,26,29)/t15-/m0/s1. The molecule has 1 saturated heterocycles. The number of hydrogen-bond acceptors (Lipinski definition) is 6. The third-order valence-corrected chi connectivity index (χ3v) is 4.54. The molecule has 1 N–H and O–H groups in total. The maximum absolute atomic E-state index is 12.9. The Labute approximate surface area is 179 Å². The van der Waals surface area contributed by atoms with Crippen LogP contribution in [0, 0.1) is 5.92 Å². The number of piperidine rings is 1. The molecule has 0 spiro atoms. The van der Waals surface area contributed by atoms with Gasteiger partial charge in [-0.05, 0) is 26.7 Å². The van der Waals surface area contributed by atoms with Crippen LogP contribution in [0.5, 0.6) is 5.75 Å². The maximum Gasteiger partial charge on any atom is 0.451 e. The number of aromatic nitrogens is 2. The third-order valence-electron chi connectivity index (χ3n) is 4.54. The first-order valence-corrected chi connectivity index (χ1v) is 10.1. The van der Waals surface area contributed by atoms with Gasteiger partial charge in [-0.25, -0.2) is 14.8 Å². The SMILES string of the molecule is CC(C)[C@H](NC(=O)OC(C)(C)C)C(=O)N1CCC(Oc2cnc(C(F)(F)F)nc2)CC1. The minimum Gasteiger partial charge on any atom is -0.487 e. The van der Waals surface area contributed by atoms with Gasteiger partial charge < -0.3 is 19.7 Å². The first-order chi connectivity index (χ1) is 14.3. The summed E-state index contributed by atoms with van der Waals surface area (Å²) < 4.78 is 48.5. The van der Waals surface area contributed by atoms with E-state index in [1.807, 2.05) is 13.8 Å². The Morgan fingerprint density at radius 2 is 1.68 bits per heavy atom. The number of halogens is 3. The second-order valence-electron chi connectivity index (χ2n) is 8.75. The average molecular weight is 446 g/mol. The monoisotopic (exact) mass is 446 g/mol. The fraction of sp³-hybridized carbons (Fsp3) is 0.700. The highest BCUT2D eigenvalue weighted by atomic mass is 19.4. The number of carbonyl (C=O) groups is 2.